The summed E-state index contributed by atoms with van der Waals surface area (Å²) in [6, 6.07) is 11.3. The van der Waals surface area contributed by atoms with Gasteiger partial charge in [-0.3, -0.25) is 14.4 Å². The first-order valence-corrected chi connectivity index (χ1v) is 11.8. The fraction of sp³-hybridized carbons (Fsp3) is 0.217. The second-order valence-corrected chi connectivity index (χ2v) is 8.76. The minimum absolute atomic E-state index is 0.0606. The zero-order valence-electron chi connectivity index (χ0n) is 18.0. The number of hydrogen-bond donors (Lipinski definition) is 2. The number of quaternary nitrogens is 1. The number of carbonyl (C=O) groups is 1. The SMILES string of the molecule is CS(=O)C(=N)c1ccc(C(=O)N2CCOCC2)cc1[NH2+]c1ncc(-c2ccccc2F)cn1. The molecule has 0 radical (unpaired) electrons. The smallest absolute Gasteiger partial charge is 0.330 e. The van der Waals surface area contributed by atoms with E-state index in [1.165, 1.54) is 24.7 Å². The first kappa shape index (κ1) is 22.8. The topological polar surface area (TPSA) is 113 Å². The lowest BCUT2D eigenvalue weighted by molar-refractivity contribution is -0.487. The van der Waals surface area contributed by atoms with Crippen LogP contribution in [0, 0.1) is 11.2 Å². The number of carbonyl (C=O) groups excluding carboxylic acids is 1. The third kappa shape index (κ3) is 5.19. The van der Waals surface area contributed by atoms with Crippen LogP contribution in [0.25, 0.3) is 11.1 Å². The van der Waals surface area contributed by atoms with Crippen molar-refractivity contribution in [2.24, 2.45) is 0 Å². The lowest BCUT2D eigenvalue weighted by Crippen LogP contribution is -2.73. The van der Waals surface area contributed by atoms with Crippen LogP contribution in [-0.2, 0) is 15.5 Å². The Bertz CT molecular complexity index is 1210. The van der Waals surface area contributed by atoms with Crippen molar-refractivity contribution < 1.29 is 23.4 Å². The zero-order chi connectivity index (χ0) is 23.4. The van der Waals surface area contributed by atoms with E-state index < -0.39 is 10.8 Å². The molecule has 1 aromatic heterocycles. The van der Waals surface area contributed by atoms with Crippen molar-refractivity contribution in [3.8, 4) is 11.1 Å². The van der Waals surface area contributed by atoms with E-state index in [0.717, 1.165) is 0 Å². The monoisotopic (exact) mass is 468 g/mol. The standard InChI is InChI=1S/C23H22FN5O3S/c1-33(31)21(25)18-7-6-15(22(30)29-8-10-32-11-9-29)12-20(18)28-23-26-13-16(14-27-23)17-4-2-3-5-19(17)24/h2-7,12-14,25H,8-11H2,1H3,(H,26,27,28)/p+1. The highest BCUT2D eigenvalue weighted by molar-refractivity contribution is 8.00. The van der Waals surface area contributed by atoms with E-state index in [1.54, 1.807) is 46.6 Å². The predicted octanol–water partition coefficient (Wildman–Crippen LogP) is 1.99. The maximum absolute atomic E-state index is 14.1. The molecule has 1 fully saturated rings. The predicted molar refractivity (Wildman–Crippen MR) is 123 cm³/mol. The largest absolute Gasteiger partial charge is 0.378 e. The second kappa shape index (κ2) is 10.1. The highest BCUT2D eigenvalue weighted by Gasteiger charge is 2.23. The van der Waals surface area contributed by atoms with Gasteiger partial charge in [0.05, 0.1) is 29.6 Å². The number of hydrogen-bond acceptors (Lipinski definition) is 6. The van der Waals surface area contributed by atoms with Gasteiger partial charge in [-0.05, 0) is 18.2 Å². The molecule has 8 nitrogen and oxygen atoms in total. The van der Waals surface area contributed by atoms with Gasteiger partial charge in [-0.1, -0.05) is 18.2 Å². The van der Waals surface area contributed by atoms with Crippen LogP contribution in [-0.4, -0.2) is 62.6 Å². The van der Waals surface area contributed by atoms with Gasteiger partial charge >= 0.3 is 5.95 Å². The van der Waals surface area contributed by atoms with Crippen LogP contribution in [0.1, 0.15) is 15.9 Å². The van der Waals surface area contributed by atoms with Gasteiger partial charge in [0, 0.05) is 54.5 Å². The number of ether oxygens (including phenoxy) is 1. The molecule has 0 bridgehead atoms. The lowest BCUT2D eigenvalue weighted by atomic mass is 10.1. The Labute approximate surface area is 192 Å². The van der Waals surface area contributed by atoms with Crippen LogP contribution in [0.2, 0.25) is 0 Å². The Morgan fingerprint density at radius 1 is 1.15 bits per heavy atom. The number of amides is 1. The van der Waals surface area contributed by atoms with E-state index in [-0.39, 0.29) is 16.8 Å². The summed E-state index contributed by atoms with van der Waals surface area (Å²) in [4.78, 5) is 23.3. The molecule has 1 unspecified atom stereocenters. The first-order chi connectivity index (χ1) is 15.9. The molecule has 4 rings (SSSR count). The molecule has 1 aliphatic heterocycles. The molecule has 0 saturated carbocycles. The molecule has 1 atom stereocenters. The second-order valence-electron chi connectivity index (χ2n) is 7.44. The summed E-state index contributed by atoms with van der Waals surface area (Å²) >= 11 is 0. The number of benzene rings is 2. The van der Waals surface area contributed by atoms with Crippen molar-refractivity contribution >= 4 is 33.4 Å². The Morgan fingerprint density at radius 2 is 1.85 bits per heavy atom. The average molecular weight is 469 g/mol. The Kier molecular flexibility index (Phi) is 6.97. The van der Waals surface area contributed by atoms with Gasteiger partial charge in [-0.15, -0.1) is 0 Å². The number of nitrogens with zero attached hydrogens (tertiary/aromatic N) is 3. The summed E-state index contributed by atoms with van der Waals surface area (Å²) in [7, 11) is -1.51. The summed E-state index contributed by atoms with van der Waals surface area (Å²) < 4.78 is 31.3. The van der Waals surface area contributed by atoms with Gasteiger partial charge in [0.15, 0.2) is 0 Å². The molecule has 3 aromatic rings. The zero-order valence-corrected chi connectivity index (χ0v) is 18.8. The van der Waals surface area contributed by atoms with Crippen molar-refractivity contribution in [1.82, 2.24) is 14.9 Å². The van der Waals surface area contributed by atoms with Crippen LogP contribution in [0.4, 0.5) is 16.0 Å². The van der Waals surface area contributed by atoms with Gasteiger partial charge in [0.2, 0.25) is 0 Å². The summed E-state index contributed by atoms with van der Waals surface area (Å²) in [5, 5.41) is 9.78. The summed E-state index contributed by atoms with van der Waals surface area (Å²) in [5.41, 5.74) is 2.31. The van der Waals surface area contributed by atoms with Crippen molar-refractivity contribution in [3.05, 3.63) is 71.8 Å². The molecule has 1 aliphatic rings. The van der Waals surface area contributed by atoms with Gasteiger partial charge in [-0.25, -0.2) is 9.71 Å². The highest BCUT2D eigenvalue weighted by atomic mass is 32.2. The number of aromatic nitrogens is 2. The van der Waals surface area contributed by atoms with E-state index in [2.05, 4.69) is 9.97 Å². The third-order valence-corrected chi connectivity index (χ3v) is 6.07. The molecule has 0 spiro atoms. The molecule has 2 heterocycles. The Balaban J connectivity index is 1.64. The van der Waals surface area contributed by atoms with Crippen LogP contribution in [0.5, 0.6) is 0 Å². The van der Waals surface area contributed by atoms with Crippen molar-refractivity contribution in [2.75, 3.05) is 32.6 Å². The molecule has 10 heteroatoms. The van der Waals surface area contributed by atoms with E-state index in [9.17, 15) is 13.4 Å². The van der Waals surface area contributed by atoms with Crippen molar-refractivity contribution in [2.45, 2.75) is 0 Å². The quantitative estimate of drug-likeness (QED) is 0.338. The first-order valence-electron chi connectivity index (χ1n) is 10.3. The average Bonchev–Trinajstić information content (AvgIpc) is 2.84. The molecule has 1 saturated heterocycles. The van der Waals surface area contributed by atoms with Crippen LogP contribution in [0.15, 0.2) is 54.9 Å². The maximum atomic E-state index is 14.1. The minimum atomic E-state index is -1.51. The number of morpholine rings is 1. The Hall–Kier alpha value is -3.34. The molecule has 0 aliphatic carbocycles. The van der Waals surface area contributed by atoms with Gasteiger partial charge in [0.25, 0.3) is 5.91 Å². The summed E-state index contributed by atoms with van der Waals surface area (Å²) in [6.07, 6.45) is 4.46. The molecular formula is C23H23FN5O3S+. The number of halogens is 1. The molecule has 2 aromatic carbocycles. The van der Waals surface area contributed by atoms with Gasteiger partial charge < -0.3 is 9.64 Å². The highest BCUT2D eigenvalue weighted by Crippen LogP contribution is 2.22. The fourth-order valence-corrected chi connectivity index (χ4v) is 4.01. The summed E-state index contributed by atoms with van der Waals surface area (Å²) in [6.45, 7) is 2.00. The maximum Gasteiger partial charge on any atom is 0.330 e. The number of nitrogens with one attached hydrogen (secondary N) is 1. The van der Waals surface area contributed by atoms with E-state index in [1.807, 2.05) is 0 Å². The van der Waals surface area contributed by atoms with E-state index in [0.29, 0.717) is 60.2 Å². The fourth-order valence-electron chi connectivity index (χ4n) is 3.51. The molecule has 33 heavy (non-hydrogen) atoms. The Morgan fingerprint density at radius 3 is 2.52 bits per heavy atom. The van der Waals surface area contributed by atoms with Gasteiger partial charge in [0.1, 0.15) is 16.5 Å². The van der Waals surface area contributed by atoms with Crippen molar-refractivity contribution in [1.29, 1.82) is 5.41 Å². The lowest BCUT2D eigenvalue weighted by Gasteiger charge is -2.27. The minimum Gasteiger partial charge on any atom is -0.378 e. The number of rotatable bonds is 5. The van der Waals surface area contributed by atoms with Crippen LogP contribution >= 0.6 is 0 Å². The van der Waals surface area contributed by atoms with E-state index in [4.69, 9.17) is 10.1 Å². The molecule has 3 N–H and O–H groups in total. The number of nitrogens with two attached hydrogens (primary N) is 1. The van der Waals surface area contributed by atoms with Crippen LogP contribution < -0.4 is 5.32 Å². The molecule has 170 valence electrons. The normalized spacial score (nSPS) is 14.7. The van der Waals surface area contributed by atoms with Gasteiger partial charge in [-0.2, -0.15) is 9.97 Å². The molecular weight excluding hydrogens is 445 g/mol. The van der Waals surface area contributed by atoms with Crippen molar-refractivity contribution in [3.63, 3.8) is 0 Å². The molecule has 1 amide bonds. The summed E-state index contributed by atoms with van der Waals surface area (Å²) in [5.74, 6) is -0.185. The third-order valence-electron chi connectivity index (χ3n) is 5.27. The van der Waals surface area contributed by atoms with E-state index >= 15 is 0 Å². The van der Waals surface area contributed by atoms with Crippen LogP contribution in [0.3, 0.4) is 0 Å².